The maximum atomic E-state index is 5.18. The van der Waals surface area contributed by atoms with Crippen LogP contribution in [0.2, 0.25) is 0 Å². The second-order valence-corrected chi connectivity index (χ2v) is 5.03. The SMILES string of the molecule is Cc1cc(C=CC2CC3CCCC2N3)on1. The van der Waals surface area contributed by atoms with Crippen LogP contribution in [0.15, 0.2) is 16.7 Å². The van der Waals surface area contributed by atoms with Gasteiger partial charge in [-0.3, -0.25) is 0 Å². The molecular formula is C13H18N2O. The van der Waals surface area contributed by atoms with Gasteiger partial charge in [0.1, 0.15) is 0 Å². The highest BCUT2D eigenvalue weighted by Gasteiger charge is 2.34. The van der Waals surface area contributed by atoms with Crippen LogP contribution in [-0.2, 0) is 0 Å². The summed E-state index contributed by atoms with van der Waals surface area (Å²) in [5.41, 5.74) is 0.947. The molecule has 2 saturated heterocycles. The van der Waals surface area contributed by atoms with Crippen LogP contribution in [-0.4, -0.2) is 17.2 Å². The summed E-state index contributed by atoms with van der Waals surface area (Å²) in [5.74, 6) is 1.55. The van der Waals surface area contributed by atoms with E-state index in [1.807, 2.05) is 13.0 Å². The lowest BCUT2D eigenvalue weighted by Gasteiger charge is -2.21. The van der Waals surface area contributed by atoms with Crippen molar-refractivity contribution in [1.29, 1.82) is 0 Å². The third kappa shape index (κ3) is 1.92. The highest BCUT2D eigenvalue weighted by Crippen LogP contribution is 2.32. The van der Waals surface area contributed by atoms with Crippen LogP contribution in [0.1, 0.15) is 37.1 Å². The van der Waals surface area contributed by atoms with Crippen LogP contribution >= 0.6 is 0 Å². The molecule has 3 heterocycles. The molecule has 1 aromatic heterocycles. The smallest absolute Gasteiger partial charge is 0.159 e. The zero-order valence-electron chi connectivity index (χ0n) is 9.65. The van der Waals surface area contributed by atoms with Gasteiger partial charge < -0.3 is 9.84 Å². The number of piperidine rings is 1. The van der Waals surface area contributed by atoms with Gasteiger partial charge in [0.25, 0.3) is 0 Å². The number of hydrogen-bond donors (Lipinski definition) is 1. The summed E-state index contributed by atoms with van der Waals surface area (Å²) in [7, 11) is 0. The van der Waals surface area contributed by atoms with Crippen molar-refractivity contribution in [3.63, 3.8) is 0 Å². The van der Waals surface area contributed by atoms with Gasteiger partial charge in [0.2, 0.25) is 0 Å². The van der Waals surface area contributed by atoms with Crippen molar-refractivity contribution >= 4 is 6.08 Å². The monoisotopic (exact) mass is 218 g/mol. The fourth-order valence-corrected chi connectivity index (χ4v) is 2.96. The van der Waals surface area contributed by atoms with Gasteiger partial charge in [-0.05, 0) is 38.2 Å². The number of aryl methyl sites for hydroxylation is 1. The van der Waals surface area contributed by atoms with Crippen molar-refractivity contribution < 1.29 is 4.52 Å². The summed E-state index contributed by atoms with van der Waals surface area (Å²) >= 11 is 0. The molecule has 2 bridgehead atoms. The zero-order valence-corrected chi connectivity index (χ0v) is 9.65. The first kappa shape index (κ1) is 10.1. The lowest BCUT2D eigenvalue weighted by Crippen LogP contribution is -2.35. The number of hydrogen-bond acceptors (Lipinski definition) is 3. The molecule has 0 aliphatic carbocycles. The second kappa shape index (κ2) is 4.06. The second-order valence-electron chi connectivity index (χ2n) is 5.03. The van der Waals surface area contributed by atoms with Gasteiger partial charge >= 0.3 is 0 Å². The largest absolute Gasteiger partial charge is 0.357 e. The van der Waals surface area contributed by atoms with E-state index < -0.39 is 0 Å². The molecule has 3 nitrogen and oxygen atoms in total. The van der Waals surface area contributed by atoms with E-state index in [0.29, 0.717) is 12.0 Å². The molecule has 3 heteroatoms. The van der Waals surface area contributed by atoms with E-state index in [4.69, 9.17) is 4.52 Å². The summed E-state index contributed by atoms with van der Waals surface area (Å²) in [4.78, 5) is 0. The average Bonchev–Trinajstić information content (AvgIpc) is 2.81. The van der Waals surface area contributed by atoms with Crippen LogP contribution in [0.5, 0.6) is 0 Å². The summed E-state index contributed by atoms with van der Waals surface area (Å²) in [5, 5.41) is 7.57. The minimum atomic E-state index is 0.679. The predicted octanol–water partition coefficient (Wildman–Crippen LogP) is 2.53. The van der Waals surface area contributed by atoms with Crippen LogP contribution in [0.25, 0.3) is 6.08 Å². The zero-order chi connectivity index (χ0) is 11.0. The molecule has 0 aromatic carbocycles. The van der Waals surface area contributed by atoms with E-state index in [-0.39, 0.29) is 0 Å². The molecule has 3 atom stereocenters. The summed E-state index contributed by atoms with van der Waals surface area (Å²) in [6.07, 6.45) is 9.71. The van der Waals surface area contributed by atoms with Crippen molar-refractivity contribution in [2.45, 2.75) is 44.7 Å². The van der Waals surface area contributed by atoms with Gasteiger partial charge in [0, 0.05) is 18.2 Å². The number of nitrogens with one attached hydrogen (secondary N) is 1. The predicted molar refractivity (Wildman–Crippen MR) is 62.9 cm³/mol. The minimum Gasteiger partial charge on any atom is -0.357 e. The van der Waals surface area contributed by atoms with Gasteiger partial charge in [0.15, 0.2) is 5.76 Å². The molecule has 2 aliphatic heterocycles. The maximum Gasteiger partial charge on any atom is 0.159 e. The van der Waals surface area contributed by atoms with Gasteiger partial charge in [-0.1, -0.05) is 17.7 Å². The van der Waals surface area contributed by atoms with Crippen molar-refractivity contribution in [2.24, 2.45) is 5.92 Å². The molecule has 3 rings (SSSR count). The molecule has 1 aromatic rings. The third-order valence-electron chi connectivity index (χ3n) is 3.74. The highest BCUT2D eigenvalue weighted by molar-refractivity contribution is 5.43. The number of nitrogens with zero attached hydrogens (tertiary/aromatic N) is 1. The molecule has 2 aliphatic rings. The lowest BCUT2D eigenvalue weighted by molar-refractivity contribution is 0.392. The fraction of sp³-hybridized carbons (Fsp3) is 0.615. The Bertz CT molecular complexity index is 396. The Labute approximate surface area is 95.9 Å². The first-order valence-corrected chi connectivity index (χ1v) is 6.19. The topological polar surface area (TPSA) is 38.1 Å². The normalized spacial score (nSPS) is 33.7. The standard InChI is InChI=1S/C13H18N2O/c1-9-7-12(16-15-9)6-5-10-8-11-3-2-4-13(10)14-11/h5-7,10-11,13-14H,2-4,8H2,1H3. The quantitative estimate of drug-likeness (QED) is 0.829. The molecule has 0 spiro atoms. The first-order valence-electron chi connectivity index (χ1n) is 6.19. The van der Waals surface area contributed by atoms with Gasteiger partial charge in [-0.2, -0.15) is 0 Å². The fourth-order valence-electron chi connectivity index (χ4n) is 2.96. The minimum absolute atomic E-state index is 0.679. The molecule has 0 radical (unpaired) electrons. The molecular weight excluding hydrogens is 200 g/mol. The van der Waals surface area contributed by atoms with Crippen molar-refractivity contribution in [2.75, 3.05) is 0 Å². The summed E-state index contributed by atoms with van der Waals surface area (Å²) in [6.45, 7) is 1.95. The maximum absolute atomic E-state index is 5.18. The number of rotatable bonds is 2. The van der Waals surface area contributed by atoms with Gasteiger partial charge in [0.05, 0.1) is 5.69 Å². The number of aromatic nitrogens is 1. The van der Waals surface area contributed by atoms with Crippen LogP contribution in [0.4, 0.5) is 0 Å². The molecule has 0 saturated carbocycles. The third-order valence-corrected chi connectivity index (χ3v) is 3.74. The van der Waals surface area contributed by atoms with Crippen molar-refractivity contribution in [1.82, 2.24) is 10.5 Å². The summed E-state index contributed by atoms with van der Waals surface area (Å²) < 4.78 is 5.18. The molecule has 2 fully saturated rings. The van der Waals surface area contributed by atoms with E-state index in [2.05, 4.69) is 22.6 Å². The molecule has 16 heavy (non-hydrogen) atoms. The highest BCUT2D eigenvalue weighted by atomic mass is 16.5. The van der Waals surface area contributed by atoms with E-state index in [9.17, 15) is 0 Å². The van der Waals surface area contributed by atoms with Gasteiger partial charge in [-0.25, -0.2) is 0 Å². The molecule has 0 amide bonds. The Balaban J connectivity index is 1.68. The van der Waals surface area contributed by atoms with E-state index in [1.54, 1.807) is 0 Å². The average molecular weight is 218 g/mol. The summed E-state index contributed by atoms with van der Waals surface area (Å²) in [6, 6.07) is 3.43. The Morgan fingerprint density at radius 1 is 1.50 bits per heavy atom. The number of fused-ring (bicyclic) bond motifs is 2. The van der Waals surface area contributed by atoms with Crippen LogP contribution in [0.3, 0.4) is 0 Å². The lowest BCUT2D eigenvalue weighted by atomic mass is 9.98. The van der Waals surface area contributed by atoms with Crippen molar-refractivity contribution in [3.05, 3.63) is 23.6 Å². The van der Waals surface area contributed by atoms with E-state index in [0.717, 1.165) is 17.5 Å². The van der Waals surface area contributed by atoms with Gasteiger partial charge in [-0.15, -0.1) is 0 Å². The Morgan fingerprint density at radius 3 is 3.19 bits per heavy atom. The molecule has 86 valence electrons. The van der Waals surface area contributed by atoms with E-state index >= 15 is 0 Å². The first-order chi connectivity index (χ1) is 7.81. The van der Waals surface area contributed by atoms with Crippen LogP contribution < -0.4 is 5.32 Å². The van der Waals surface area contributed by atoms with Crippen LogP contribution in [0, 0.1) is 12.8 Å². The molecule has 1 N–H and O–H groups in total. The van der Waals surface area contributed by atoms with Crippen molar-refractivity contribution in [3.8, 4) is 0 Å². The van der Waals surface area contributed by atoms with E-state index in [1.165, 1.54) is 25.7 Å². The Hall–Kier alpha value is -1.09. The Morgan fingerprint density at radius 2 is 2.44 bits per heavy atom. The Kier molecular flexibility index (Phi) is 2.56. The molecule has 3 unspecified atom stereocenters.